The second kappa shape index (κ2) is 8.52. The highest BCUT2D eigenvalue weighted by molar-refractivity contribution is 5.99. The monoisotopic (exact) mass is 352 g/mol. The van der Waals surface area contributed by atoms with Gasteiger partial charge in [0.15, 0.2) is 6.61 Å². The summed E-state index contributed by atoms with van der Waals surface area (Å²) in [6.45, 7) is 2.52. The van der Waals surface area contributed by atoms with Crippen molar-refractivity contribution in [2.24, 2.45) is 0 Å². The van der Waals surface area contributed by atoms with Gasteiger partial charge >= 0.3 is 0 Å². The predicted molar refractivity (Wildman–Crippen MR) is 103 cm³/mol. The van der Waals surface area contributed by atoms with E-state index in [1.54, 1.807) is 4.90 Å². The molecule has 136 valence electrons. The number of carbonyl (C=O) groups is 2. The molecule has 0 unspecified atom stereocenters. The quantitative estimate of drug-likeness (QED) is 0.825. The molecule has 5 heteroatoms. The van der Waals surface area contributed by atoms with Crippen molar-refractivity contribution in [3.8, 4) is 5.75 Å². The van der Waals surface area contributed by atoms with Gasteiger partial charge in [0, 0.05) is 18.7 Å². The van der Waals surface area contributed by atoms with Gasteiger partial charge in [0.05, 0.1) is 5.69 Å². The molecule has 5 nitrogen and oxygen atoms in total. The summed E-state index contributed by atoms with van der Waals surface area (Å²) in [6.07, 6.45) is 3.63. The maximum Gasteiger partial charge on any atom is 0.265 e. The lowest BCUT2D eigenvalue weighted by atomic mass is 10.1. The van der Waals surface area contributed by atoms with Gasteiger partial charge in [0.2, 0.25) is 5.91 Å². The maximum atomic E-state index is 12.3. The minimum Gasteiger partial charge on any atom is -0.482 e. The number of amides is 2. The first-order chi connectivity index (χ1) is 12.7. The van der Waals surface area contributed by atoms with E-state index in [0.717, 1.165) is 17.8 Å². The molecule has 0 atom stereocenters. The topological polar surface area (TPSA) is 58.6 Å². The van der Waals surface area contributed by atoms with Gasteiger partial charge in [-0.25, -0.2) is 0 Å². The number of nitrogens with one attached hydrogen (secondary N) is 1. The molecule has 0 aliphatic carbocycles. The van der Waals surface area contributed by atoms with E-state index in [1.165, 1.54) is 18.4 Å². The minimum atomic E-state index is -0.128. The highest BCUT2D eigenvalue weighted by Gasteiger charge is 2.25. The summed E-state index contributed by atoms with van der Waals surface area (Å²) >= 11 is 0. The van der Waals surface area contributed by atoms with Crippen molar-refractivity contribution in [1.82, 2.24) is 0 Å². The zero-order valence-electron chi connectivity index (χ0n) is 15.0. The maximum absolute atomic E-state index is 12.3. The molecule has 0 saturated carbocycles. The van der Waals surface area contributed by atoms with E-state index in [2.05, 4.69) is 12.2 Å². The first-order valence-electron chi connectivity index (χ1n) is 9.08. The van der Waals surface area contributed by atoms with Gasteiger partial charge in [0.1, 0.15) is 5.75 Å². The van der Waals surface area contributed by atoms with Crippen LogP contribution in [0.2, 0.25) is 0 Å². The van der Waals surface area contributed by atoms with Crippen LogP contribution in [0.1, 0.15) is 31.7 Å². The zero-order chi connectivity index (χ0) is 18.4. The average Bonchev–Trinajstić information content (AvgIpc) is 2.66. The zero-order valence-corrected chi connectivity index (χ0v) is 15.0. The molecule has 0 spiro atoms. The molecule has 1 aliphatic rings. The normalized spacial score (nSPS) is 13.1. The molecule has 26 heavy (non-hydrogen) atoms. The van der Waals surface area contributed by atoms with Crippen molar-refractivity contribution >= 4 is 23.2 Å². The van der Waals surface area contributed by atoms with Crippen LogP contribution < -0.4 is 15.0 Å². The molecule has 1 N–H and O–H groups in total. The molecule has 1 heterocycles. The number of unbranched alkanes of at least 4 members (excludes halogenated alkanes) is 1. The Morgan fingerprint density at radius 2 is 1.92 bits per heavy atom. The second-order valence-corrected chi connectivity index (χ2v) is 6.40. The number of aryl methyl sites for hydroxylation is 1. The summed E-state index contributed by atoms with van der Waals surface area (Å²) in [5, 5.41) is 2.90. The summed E-state index contributed by atoms with van der Waals surface area (Å²) < 4.78 is 5.42. The lowest BCUT2D eigenvalue weighted by molar-refractivity contribution is -0.121. The molecular weight excluding hydrogens is 328 g/mol. The summed E-state index contributed by atoms with van der Waals surface area (Å²) in [6, 6.07) is 15.3. The Hall–Kier alpha value is -2.82. The van der Waals surface area contributed by atoms with Gasteiger partial charge in [-0.1, -0.05) is 37.6 Å². The van der Waals surface area contributed by atoms with Gasteiger partial charge in [-0.3, -0.25) is 9.59 Å². The van der Waals surface area contributed by atoms with Crippen molar-refractivity contribution in [2.75, 3.05) is 23.4 Å². The van der Waals surface area contributed by atoms with E-state index in [0.29, 0.717) is 12.3 Å². The third-order valence-electron chi connectivity index (χ3n) is 4.43. The van der Waals surface area contributed by atoms with Crippen molar-refractivity contribution < 1.29 is 14.3 Å². The second-order valence-electron chi connectivity index (χ2n) is 6.40. The van der Waals surface area contributed by atoms with Crippen LogP contribution in [0.3, 0.4) is 0 Å². The summed E-state index contributed by atoms with van der Waals surface area (Å²) in [4.78, 5) is 26.0. The molecule has 2 amide bonds. The van der Waals surface area contributed by atoms with Crippen LogP contribution >= 0.6 is 0 Å². The third kappa shape index (κ3) is 4.42. The number of para-hydroxylation sites is 2. The van der Waals surface area contributed by atoms with Crippen LogP contribution in [0.15, 0.2) is 48.5 Å². The van der Waals surface area contributed by atoms with Crippen LogP contribution in [0.5, 0.6) is 5.75 Å². The molecule has 0 fully saturated rings. The van der Waals surface area contributed by atoms with Gasteiger partial charge in [-0.2, -0.15) is 0 Å². The van der Waals surface area contributed by atoms with E-state index >= 15 is 0 Å². The van der Waals surface area contributed by atoms with Crippen LogP contribution in [-0.2, 0) is 16.0 Å². The Morgan fingerprint density at radius 3 is 2.69 bits per heavy atom. The standard InChI is InChI=1S/C21H24N2O3/c1-2-3-6-16-9-11-17(12-10-16)22-20(24)13-14-23-18-7-4-5-8-19(18)26-15-21(23)25/h4-5,7-12H,2-3,6,13-15H2,1H3,(H,22,24). The number of anilines is 2. The fourth-order valence-corrected chi connectivity index (χ4v) is 2.97. The van der Waals surface area contributed by atoms with Crippen molar-refractivity contribution in [2.45, 2.75) is 32.6 Å². The highest BCUT2D eigenvalue weighted by Crippen LogP contribution is 2.31. The van der Waals surface area contributed by atoms with E-state index in [9.17, 15) is 9.59 Å². The lowest BCUT2D eigenvalue weighted by Crippen LogP contribution is -2.40. The fourth-order valence-electron chi connectivity index (χ4n) is 2.97. The molecule has 0 aromatic heterocycles. The molecular formula is C21H24N2O3. The number of rotatable bonds is 7. The van der Waals surface area contributed by atoms with Crippen molar-refractivity contribution in [3.63, 3.8) is 0 Å². The van der Waals surface area contributed by atoms with Gasteiger partial charge < -0.3 is 15.0 Å². The van der Waals surface area contributed by atoms with Gasteiger partial charge in [0.25, 0.3) is 5.91 Å². The number of nitrogens with zero attached hydrogens (tertiary/aromatic N) is 1. The molecule has 0 bridgehead atoms. The van der Waals surface area contributed by atoms with E-state index in [4.69, 9.17) is 4.74 Å². The van der Waals surface area contributed by atoms with Crippen molar-refractivity contribution in [3.05, 3.63) is 54.1 Å². The number of benzene rings is 2. The smallest absolute Gasteiger partial charge is 0.265 e. The van der Waals surface area contributed by atoms with E-state index < -0.39 is 0 Å². The number of ether oxygens (including phenoxy) is 1. The SMILES string of the molecule is CCCCc1ccc(NC(=O)CCN2C(=O)COc3ccccc32)cc1. The predicted octanol–water partition coefficient (Wildman–Crippen LogP) is 3.78. The first kappa shape index (κ1) is 18.0. The summed E-state index contributed by atoms with van der Waals surface area (Å²) in [5.74, 6) is 0.440. The number of hydrogen-bond acceptors (Lipinski definition) is 3. The highest BCUT2D eigenvalue weighted by atomic mass is 16.5. The lowest BCUT2D eigenvalue weighted by Gasteiger charge is -2.29. The van der Waals surface area contributed by atoms with Crippen LogP contribution in [-0.4, -0.2) is 25.0 Å². The number of fused-ring (bicyclic) bond motifs is 1. The Balaban J connectivity index is 1.55. The first-order valence-corrected chi connectivity index (χ1v) is 9.08. The van der Waals surface area contributed by atoms with Crippen molar-refractivity contribution in [1.29, 1.82) is 0 Å². The molecule has 2 aromatic rings. The largest absolute Gasteiger partial charge is 0.482 e. The Kier molecular flexibility index (Phi) is 5.89. The van der Waals surface area contributed by atoms with Crippen LogP contribution in [0.25, 0.3) is 0 Å². The van der Waals surface area contributed by atoms with Crippen LogP contribution in [0.4, 0.5) is 11.4 Å². The van der Waals surface area contributed by atoms with E-state index in [1.807, 2.05) is 48.5 Å². The third-order valence-corrected chi connectivity index (χ3v) is 4.43. The number of hydrogen-bond donors (Lipinski definition) is 1. The molecule has 3 rings (SSSR count). The Bertz CT molecular complexity index is 771. The average molecular weight is 352 g/mol. The Labute approximate surface area is 154 Å². The van der Waals surface area contributed by atoms with Gasteiger partial charge in [-0.05, 0) is 42.7 Å². The van der Waals surface area contributed by atoms with E-state index in [-0.39, 0.29) is 24.8 Å². The number of carbonyl (C=O) groups excluding carboxylic acids is 2. The van der Waals surface area contributed by atoms with Gasteiger partial charge in [-0.15, -0.1) is 0 Å². The molecule has 2 aromatic carbocycles. The molecule has 1 aliphatic heterocycles. The van der Waals surface area contributed by atoms with Crippen LogP contribution in [0, 0.1) is 0 Å². The summed E-state index contributed by atoms with van der Waals surface area (Å²) in [5.41, 5.74) is 2.78. The molecule has 0 saturated heterocycles. The summed E-state index contributed by atoms with van der Waals surface area (Å²) in [7, 11) is 0. The fraction of sp³-hybridized carbons (Fsp3) is 0.333. The Morgan fingerprint density at radius 1 is 1.15 bits per heavy atom. The minimum absolute atomic E-state index is 0.0118. The molecule has 0 radical (unpaired) electrons.